The van der Waals surface area contributed by atoms with Crippen LogP contribution in [0.5, 0.6) is 0 Å². The Balaban J connectivity index is 1.80. The lowest BCUT2D eigenvalue weighted by molar-refractivity contribution is 0.0934. The molecule has 5 heteroatoms. The standard InChI is InChI=1S/C19H16ClN3O/c1-13(14-6-3-2-4-7-14)23-19(24)18-11-17(21-12-22-18)15-8-5-9-16(20)10-15/h2-13H,1H3,(H,23,24)/t13-/m0/s1. The van der Waals surface area contributed by atoms with E-state index >= 15 is 0 Å². The molecule has 0 spiro atoms. The Morgan fingerprint density at radius 1 is 1.04 bits per heavy atom. The zero-order chi connectivity index (χ0) is 16.9. The number of nitrogens with one attached hydrogen (secondary N) is 1. The van der Waals surface area contributed by atoms with E-state index in [0.717, 1.165) is 11.1 Å². The average Bonchev–Trinajstić information content (AvgIpc) is 2.62. The molecule has 1 heterocycles. The minimum absolute atomic E-state index is 0.108. The Kier molecular flexibility index (Phi) is 4.87. The van der Waals surface area contributed by atoms with Crippen LogP contribution in [0.1, 0.15) is 29.0 Å². The molecule has 0 saturated carbocycles. The molecule has 120 valence electrons. The van der Waals surface area contributed by atoms with Crippen LogP contribution in [0.15, 0.2) is 67.0 Å². The van der Waals surface area contributed by atoms with Gasteiger partial charge in [-0.3, -0.25) is 4.79 Å². The van der Waals surface area contributed by atoms with E-state index in [4.69, 9.17) is 11.6 Å². The van der Waals surface area contributed by atoms with Crippen LogP contribution in [-0.2, 0) is 0 Å². The number of carbonyl (C=O) groups excluding carboxylic acids is 1. The molecule has 3 aromatic rings. The summed E-state index contributed by atoms with van der Waals surface area (Å²) in [6.45, 7) is 1.94. The van der Waals surface area contributed by atoms with Gasteiger partial charge in [-0.05, 0) is 30.7 Å². The van der Waals surface area contributed by atoms with Crippen molar-refractivity contribution in [1.82, 2.24) is 15.3 Å². The molecule has 0 aliphatic carbocycles. The molecule has 2 aromatic carbocycles. The fourth-order valence-electron chi connectivity index (χ4n) is 2.38. The number of hydrogen-bond acceptors (Lipinski definition) is 3. The molecule has 0 aliphatic rings. The average molecular weight is 338 g/mol. The molecular weight excluding hydrogens is 322 g/mol. The Labute approximate surface area is 145 Å². The van der Waals surface area contributed by atoms with Crippen LogP contribution in [0.25, 0.3) is 11.3 Å². The number of carbonyl (C=O) groups is 1. The summed E-state index contributed by atoms with van der Waals surface area (Å²) in [6, 6.07) is 18.7. The molecule has 1 aromatic heterocycles. The summed E-state index contributed by atoms with van der Waals surface area (Å²) in [6.07, 6.45) is 1.39. The Bertz CT molecular complexity index is 852. The first kappa shape index (κ1) is 16.1. The highest BCUT2D eigenvalue weighted by Gasteiger charge is 2.13. The van der Waals surface area contributed by atoms with Crippen molar-refractivity contribution in [1.29, 1.82) is 0 Å². The molecule has 0 unspecified atom stereocenters. The van der Waals surface area contributed by atoms with Gasteiger partial charge in [0.25, 0.3) is 5.91 Å². The molecule has 0 bridgehead atoms. The van der Waals surface area contributed by atoms with E-state index in [9.17, 15) is 4.79 Å². The topological polar surface area (TPSA) is 54.9 Å². The van der Waals surface area contributed by atoms with E-state index < -0.39 is 0 Å². The van der Waals surface area contributed by atoms with Crippen molar-refractivity contribution in [2.45, 2.75) is 13.0 Å². The third-order valence-electron chi connectivity index (χ3n) is 3.67. The highest BCUT2D eigenvalue weighted by Crippen LogP contribution is 2.21. The lowest BCUT2D eigenvalue weighted by atomic mass is 10.1. The highest BCUT2D eigenvalue weighted by atomic mass is 35.5. The summed E-state index contributed by atoms with van der Waals surface area (Å²) in [7, 11) is 0. The number of halogens is 1. The smallest absolute Gasteiger partial charge is 0.270 e. The predicted molar refractivity (Wildman–Crippen MR) is 94.8 cm³/mol. The summed E-state index contributed by atoms with van der Waals surface area (Å²) in [5.74, 6) is -0.239. The van der Waals surface area contributed by atoms with E-state index in [2.05, 4.69) is 15.3 Å². The first-order chi connectivity index (χ1) is 11.6. The number of amides is 1. The molecule has 0 aliphatic heterocycles. The van der Waals surface area contributed by atoms with Gasteiger partial charge in [0.2, 0.25) is 0 Å². The first-order valence-corrected chi connectivity index (χ1v) is 7.95. The maximum Gasteiger partial charge on any atom is 0.270 e. The minimum Gasteiger partial charge on any atom is -0.344 e. The SMILES string of the molecule is C[C@H](NC(=O)c1cc(-c2cccc(Cl)c2)ncn1)c1ccccc1. The molecule has 3 rings (SSSR count). The second kappa shape index (κ2) is 7.23. The monoisotopic (exact) mass is 337 g/mol. The van der Waals surface area contributed by atoms with Crippen molar-refractivity contribution in [2.75, 3.05) is 0 Å². The van der Waals surface area contributed by atoms with Crippen molar-refractivity contribution in [3.8, 4) is 11.3 Å². The van der Waals surface area contributed by atoms with Gasteiger partial charge in [0.05, 0.1) is 11.7 Å². The van der Waals surface area contributed by atoms with Crippen molar-refractivity contribution >= 4 is 17.5 Å². The van der Waals surface area contributed by atoms with Gasteiger partial charge in [0.15, 0.2) is 0 Å². The van der Waals surface area contributed by atoms with Gasteiger partial charge >= 0.3 is 0 Å². The summed E-state index contributed by atoms with van der Waals surface area (Å²) in [5, 5.41) is 3.57. The van der Waals surface area contributed by atoms with Gasteiger partial charge in [0, 0.05) is 10.6 Å². The molecular formula is C19H16ClN3O. The molecule has 1 amide bonds. The fourth-order valence-corrected chi connectivity index (χ4v) is 2.57. The van der Waals surface area contributed by atoms with Gasteiger partial charge in [-0.1, -0.05) is 54.1 Å². The van der Waals surface area contributed by atoms with Crippen LogP contribution >= 0.6 is 11.6 Å². The zero-order valence-electron chi connectivity index (χ0n) is 13.1. The quantitative estimate of drug-likeness (QED) is 0.772. The number of hydrogen-bond donors (Lipinski definition) is 1. The Morgan fingerprint density at radius 3 is 2.58 bits per heavy atom. The van der Waals surface area contributed by atoms with Crippen LogP contribution in [-0.4, -0.2) is 15.9 Å². The maximum absolute atomic E-state index is 12.5. The number of benzene rings is 2. The van der Waals surface area contributed by atoms with Crippen LogP contribution < -0.4 is 5.32 Å². The second-order valence-electron chi connectivity index (χ2n) is 5.40. The van der Waals surface area contributed by atoms with E-state index in [-0.39, 0.29) is 11.9 Å². The fraction of sp³-hybridized carbons (Fsp3) is 0.105. The lowest BCUT2D eigenvalue weighted by Gasteiger charge is -2.14. The highest BCUT2D eigenvalue weighted by molar-refractivity contribution is 6.30. The third-order valence-corrected chi connectivity index (χ3v) is 3.90. The van der Waals surface area contributed by atoms with Crippen LogP contribution in [0.3, 0.4) is 0 Å². The summed E-state index contributed by atoms with van der Waals surface area (Å²) >= 11 is 6.01. The molecule has 0 radical (unpaired) electrons. The van der Waals surface area contributed by atoms with Crippen molar-refractivity contribution in [2.24, 2.45) is 0 Å². The first-order valence-electron chi connectivity index (χ1n) is 7.57. The van der Waals surface area contributed by atoms with Gasteiger partial charge in [-0.2, -0.15) is 0 Å². The van der Waals surface area contributed by atoms with E-state index in [1.54, 1.807) is 18.2 Å². The van der Waals surface area contributed by atoms with Gasteiger partial charge < -0.3 is 5.32 Å². The second-order valence-corrected chi connectivity index (χ2v) is 5.84. The normalized spacial score (nSPS) is 11.8. The Morgan fingerprint density at radius 2 is 1.83 bits per heavy atom. The number of aromatic nitrogens is 2. The van der Waals surface area contributed by atoms with Crippen molar-refractivity contribution < 1.29 is 4.79 Å². The van der Waals surface area contributed by atoms with E-state index in [0.29, 0.717) is 16.4 Å². The zero-order valence-corrected chi connectivity index (χ0v) is 13.9. The van der Waals surface area contributed by atoms with Crippen LogP contribution in [0.2, 0.25) is 5.02 Å². The lowest BCUT2D eigenvalue weighted by Crippen LogP contribution is -2.27. The summed E-state index contributed by atoms with van der Waals surface area (Å²) in [4.78, 5) is 20.7. The molecule has 1 atom stereocenters. The van der Waals surface area contributed by atoms with Crippen molar-refractivity contribution in [3.05, 3.63) is 83.3 Å². The largest absolute Gasteiger partial charge is 0.344 e. The molecule has 0 fully saturated rings. The molecule has 0 saturated heterocycles. The van der Waals surface area contributed by atoms with E-state index in [1.165, 1.54) is 6.33 Å². The summed E-state index contributed by atoms with van der Waals surface area (Å²) in [5.41, 5.74) is 2.86. The third kappa shape index (κ3) is 3.78. The number of nitrogens with zero attached hydrogens (tertiary/aromatic N) is 2. The van der Waals surface area contributed by atoms with Gasteiger partial charge in [0.1, 0.15) is 12.0 Å². The van der Waals surface area contributed by atoms with Crippen LogP contribution in [0.4, 0.5) is 0 Å². The van der Waals surface area contributed by atoms with Gasteiger partial charge in [-0.15, -0.1) is 0 Å². The maximum atomic E-state index is 12.5. The Hall–Kier alpha value is -2.72. The summed E-state index contributed by atoms with van der Waals surface area (Å²) < 4.78 is 0. The van der Waals surface area contributed by atoms with Crippen LogP contribution in [0, 0.1) is 0 Å². The predicted octanol–water partition coefficient (Wildman–Crippen LogP) is 4.29. The van der Waals surface area contributed by atoms with E-state index in [1.807, 2.05) is 49.4 Å². The van der Waals surface area contributed by atoms with Gasteiger partial charge in [-0.25, -0.2) is 9.97 Å². The molecule has 1 N–H and O–H groups in total. The minimum atomic E-state index is -0.239. The number of rotatable bonds is 4. The van der Waals surface area contributed by atoms with Crippen molar-refractivity contribution in [3.63, 3.8) is 0 Å². The molecule has 24 heavy (non-hydrogen) atoms. The molecule has 4 nitrogen and oxygen atoms in total.